The molecule has 0 bridgehead atoms. The maximum Gasteiger partial charge on any atom is 0.305 e. The van der Waals surface area contributed by atoms with Crippen LogP contribution in [0.1, 0.15) is 322 Å². The third-order valence-corrected chi connectivity index (χ3v) is 13.9. The first-order valence-electron chi connectivity index (χ1n) is 30.2. The number of amides is 1. The van der Waals surface area contributed by atoms with Crippen molar-refractivity contribution in [3.8, 4) is 0 Å². The van der Waals surface area contributed by atoms with Crippen LogP contribution in [0.15, 0.2) is 36.5 Å². The maximum absolute atomic E-state index is 12.5. The first kappa shape index (κ1) is 66.1. The maximum atomic E-state index is 12.5. The van der Waals surface area contributed by atoms with E-state index in [2.05, 4.69) is 55.6 Å². The lowest BCUT2D eigenvalue weighted by atomic mass is 10.0. The summed E-state index contributed by atoms with van der Waals surface area (Å²) < 4.78 is 5.48. The molecule has 2 unspecified atom stereocenters. The summed E-state index contributed by atoms with van der Waals surface area (Å²) in [5.74, 6) is -0.0608. The fourth-order valence-electron chi connectivity index (χ4n) is 9.25. The molecular formula is C62H117NO5. The minimum Gasteiger partial charge on any atom is -0.466 e. The van der Waals surface area contributed by atoms with Gasteiger partial charge in [-0.25, -0.2) is 0 Å². The zero-order valence-corrected chi connectivity index (χ0v) is 45.6. The van der Waals surface area contributed by atoms with E-state index in [4.69, 9.17) is 4.74 Å². The molecule has 0 fully saturated rings. The molecule has 0 saturated carbocycles. The van der Waals surface area contributed by atoms with E-state index in [0.717, 1.165) is 70.6 Å². The number of aliphatic hydroxyl groups excluding tert-OH is 2. The van der Waals surface area contributed by atoms with Gasteiger partial charge in [0.1, 0.15) is 0 Å². The topological polar surface area (TPSA) is 95.9 Å². The fourth-order valence-corrected chi connectivity index (χ4v) is 9.25. The highest BCUT2D eigenvalue weighted by Crippen LogP contribution is 2.17. The summed E-state index contributed by atoms with van der Waals surface area (Å²) in [6, 6.07) is -0.555. The monoisotopic (exact) mass is 956 g/mol. The first-order chi connectivity index (χ1) is 33.5. The van der Waals surface area contributed by atoms with Crippen LogP contribution in [0.2, 0.25) is 0 Å². The van der Waals surface area contributed by atoms with Crippen LogP contribution in [-0.2, 0) is 14.3 Å². The number of nitrogens with one attached hydrogen (secondary N) is 1. The van der Waals surface area contributed by atoms with Crippen LogP contribution in [0.4, 0.5) is 0 Å². The molecule has 68 heavy (non-hydrogen) atoms. The van der Waals surface area contributed by atoms with E-state index in [9.17, 15) is 19.8 Å². The molecular weight excluding hydrogens is 839 g/mol. The van der Waals surface area contributed by atoms with Crippen molar-refractivity contribution in [2.75, 3.05) is 13.2 Å². The average Bonchev–Trinajstić information content (AvgIpc) is 3.34. The molecule has 0 rings (SSSR count). The SMILES string of the molecule is CCCCC/C=C\C/C=C\CCCCCCCCCC(=O)OCCCCCCCCC/C=C\CCCCCCCC(=O)NC(CO)C(O)CCCCCCCCCCCCCCCCCCCC. The number of hydrogen-bond donors (Lipinski definition) is 3. The Morgan fingerprint density at radius 2 is 0.735 bits per heavy atom. The standard InChI is InChI=1S/C62H117NO5/c1-3-5-7-9-11-13-15-17-19-21-23-26-30-34-38-42-46-50-54-60(65)59(58-64)63-61(66)55-51-47-43-39-35-31-27-24-25-29-33-37-41-45-49-53-57-68-62(67)56-52-48-44-40-36-32-28-22-20-18-16-14-12-10-8-6-4-2/h12,14,18,20,24,27,59-60,64-65H,3-11,13,15-17,19,21-23,25-26,28-58H2,1-2H3,(H,63,66)/b14-12-,20-18-,27-24-. The molecule has 1 amide bonds. The van der Waals surface area contributed by atoms with E-state index >= 15 is 0 Å². The fraction of sp³-hybridized carbons (Fsp3) is 0.871. The summed E-state index contributed by atoms with van der Waals surface area (Å²) in [6.45, 7) is 4.92. The molecule has 0 aliphatic carbocycles. The lowest BCUT2D eigenvalue weighted by Crippen LogP contribution is -2.45. The van der Waals surface area contributed by atoms with Crippen molar-refractivity contribution in [1.82, 2.24) is 5.32 Å². The predicted molar refractivity (Wildman–Crippen MR) is 296 cm³/mol. The van der Waals surface area contributed by atoms with E-state index < -0.39 is 12.1 Å². The summed E-state index contributed by atoms with van der Waals surface area (Å²) in [4.78, 5) is 24.6. The van der Waals surface area contributed by atoms with Crippen molar-refractivity contribution in [2.24, 2.45) is 0 Å². The van der Waals surface area contributed by atoms with Crippen molar-refractivity contribution in [2.45, 2.75) is 334 Å². The second-order valence-electron chi connectivity index (χ2n) is 20.7. The molecule has 0 aromatic rings. The normalized spacial score (nSPS) is 12.8. The second kappa shape index (κ2) is 57.7. The number of carbonyl (C=O) groups excluding carboxylic acids is 2. The molecule has 0 aliphatic rings. The number of rotatable bonds is 56. The minimum absolute atomic E-state index is 0.0103. The van der Waals surface area contributed by atoms with Gasteiger partial charge in [-0.3, -0.25) is 9.59 Å². The lowest BCUT2D eigenvalue weighted by molar-refractivity contribution is -0.143. The molecule has 2 atom stereocenters. The van der Waals surface area contributed by atoms with Crippen LogP contribution in [-0.4, -0.2) is 47.4 Å². The Kier molecular flexibility index (Phi) is 56.0. The van der Waals surface area contributed by atoms with Crippen LogP contribution in [0.5, 0.6) is 0 Å². The van der Waals surface area contributed by atoms with Gasteiger partial charge in [0, 0.05) is 12.8 Å². The van der Waals surface area contributed by atoms with E-state index in [1.165, 1.54) is 218 Å². The molecule has 6 nitrogen and oxygen atoms in total. The Balaban J connectivity index is 3.47. The minimum atomic E-state index is -0.676. The third kappa shape index (κ3) is 53.4. The summed E-state index contributed by atoms with van der Waals surface area (Å²) in [7, 11) is 0. The Morgan fingerprint density at radius 3 is 1.16 bits per heavy atom. The van der Waals surface area contributed by atoms with Gasteiger partial charge in [0.2, 0.25) is 5.91 Å². The molecule has 6 heteroatoms. The van der Waals surface area contributed by atoms with Crippen LogP contribution in [0, 0.1) is 0 Å². The van der Waals surface area contributed by atoms with E-state index in [1.54, 1.807) is 0 Å². The van der Waals surface area contributed by atoms with Gasteiger partial charge in [0.15, 0.2) is 0 Å². The van der Waals surface area contributed by atoms with Crippen molar-refractivity contribution < 1.29 is 24.5 Å². The van der Waals surface area contributed by atoms with Gasteiger partial charge in [0.05, 0.1) is 25.4 Å². The van der Waals surface area contributed by atoms with Crippen LogP contribution < -0.4 is 5.32 Å². The summed E-state index contributed by atoms with van der Waals surface area (Å²) >= 11 is 0. The van der Waals surface area contributed by atoms with E-state index in [-0.39, 0.29) is 18.5 Å². The van der Waals surface area contributed by atoms with Gasteiger partial charge in [-0.15, -0.1) is 0 Å². The quantitative estimate of drug-likeness (QED) is 0.0321. The molecule has 0 saturated heterocycles. The van der Waals surface area contributed by atoms with Crippen LogP contribution >= 0.6 is 0 Å². The van der Waals surface area contributed by atoms with Crippen LogP contribution in [0.25, 0.3) is 0 Å². The van der Waals surface area contributed by atoms with Crippen molar-refractivity contribution in [3.05, 3.63) is 36.5 Å². The molecule has 3 N–H and O–H groups in total. The first-order valence-corrected chi connectivity index (χ1v) is 30.2. The van der Waals surface area contributed by atoms with Crippen molar-refractivity contribution >= 4 is 11.9 Å². The van der Waals surface area contributed by atoms with Gasteiger partial charge in [-0.1, -0.05) is 262 Å². The van der Waals surface area contributed by atoms with Gasteiger partial charge in [0.25, 0.3) is 0 Å². The van der Waals surface area contributed by atoms with Gasteiger partial charge in [-0.2, -0.15) is 0 Å². The smallest absolute Gasteiger partial charge is 0.305 e. The molecule has 0 aromatic carbocycles. The van der Waals surface area contributed by atoms with E-state index in [1.807, 2.05) is 0 Å². The summed E-state index contributed by atoms with van der Waals surface area (Å²) in [5, 5.41) is 23.3. The molecule has 0 radical (unpaired) electrons. The number of ether oxygens (including phenoxy) is 1. The molecule has 0 heterocycles. The zero-order valence-electron chi connectivity index (χ0n) is 45.6. The van der Waals surface area contributed by atoms with Gasteiger partial charge in [-0.05, 0) is 83.5 Å². The lowest BCUT2D eigenvalue weighted by Gasteiger charge is -2.22. The molecule has 0 spiro atoms. The zero-order chi connectivity index (χ0) is 49.3. The third-order valence-electron chi connectivity index (χ3n) is 13.9. The number of hydrogen-bond acceptors (Lipinski definition) is 5. The second-order valence-corrected chi connectivity index (χ2v) is 20.7. The molecule has 0 aliphatic heterocycles. The number of aliphatic hydroxyl groups is 2. The number of esters is 1. The van der Waals surface area contributed by atoms with Crippen molar-refractivity contribution in [3.63, 3.8) is 0 Å². The highest BCUT2D eigenvalue weighted by atomic mass is 16.5. The largest absolute Gasteiger partial charge is 0.466 e. The highest BCUT2D eigenvalue weighted by Gasteiger charge is 2.20. The Bertz CT molecular complexity index is 1100. The Hall–Kier alpha value is -1.92. The molecule has 400 valence electrons. The van der Waals surface area contributed by atoms with Crippen LogP contribution in [0.3, 0.4) is 0 Å². The van der Waals surface area contributed by atoms with Gasteiger partial charge < -0.3 is 20.3 Å². The average molecular weight is 957 g/mol. The number of carbonyl (C=O) groups is 2. The Morgan fingerprint density at radius 1 is 0.412 bits per heavy atom. The van der Waals surface area contributed by atoms with E-state index in [0.29, 0.717) is 25.9 Å². The molecule has 0 aromatic heterocycles. The summed E-state index contributed by atoms with van der Waals surface area (Å²) in [5.41, 5.74) is 0. The highest BCUT2D eigenvalue weighted by molar-refractivity contribution is 5.76. The predicted octanol–water partition coefficient (Wildman–Crippen LogP) is 18.8. The summed E-state index contributed by atoms with van der Waals surface area (Å²) in [6.07, 6.45) is 71.3. The van der Waals surface area contributed by atoms with Gasteiger partial charge >= 0.3 is 5.97 Å². The number of unbranched alkanes of at least 4 members (excludes halogenated alkanes) is 39. The number of allylic oxidation sites excluding steroid dienone is 6. The van der Waals surface area contributed by atoms with Crippen molar-refractivity contribution in [1.29, 1.82) is 0 Å². The Labute approximate surface area is 424 Å².